The summed E-state index contributed by atoms with van der Waals surface area (Å²) in [7, 11) is 1.55. The minimum atomic E-state index is -0.316. The van der Waals surface area contributed by atoms with Crippen LogP contribution >= 0.6 is 28.1 Å². The first-order chi connectivity index (χ1) is 12.4. The minimum Gasteiger partial charge on any atom is -0.496 e. The number of rotatable bonds is 6. The van der Waals surface area contributed by atoms with Crippen LogP contribution in [0.5, 0.6) is 5.75 Å². The van der Waals surface area contributed by atoms with Crippen molar-refractivity contribution in [1.82, 2.24) is 5.32 Å². The number of thiocarbonyl (C=S) groups is 1. The summed E-state index contributed by atoms with van der Waals surface area (Å²) in [6.45, 7) is 4.07. The molecule has 138 valence electrons. The zero-order valence-corrected chi connectivity index (χ0v) is 17.6. The highest BCUT2D eigenvalue weighted by Crippen LogP contribution is 2.27. The molecule has 0 heterocycles. The lowest BCUT2D eigenvalue weighted by Gasteiger charge is -2.14. The number of carbonyl (C=O) groups is 1. The second-order valence-corrected chi connectivity index (χ2v) is 7.34. The van der Waals surface area contributed by atoms with Gasteiger partial charge in [0.15, 0.2) is 5.11 Å². The predicted molar refractivity (Wildman–Crippen MR) is 114 cm³/mol. The highest BCUT2D eigenvalue weighted by Gasteiger charge is 2.16. The number of hydrogen-bond donors (Lipinski definition) is 2. The third-order valence-electron chi connectivity index (χ3n) is 3.95. The van der Waals surface area contributed by atoms with E-state index in [-0.39, 0.29) is 11.0 Å². The summed E-state index contributed by atoms with van der Waals surface area (Å²) < 4.78 is 6.16. The van der Waals surface area contributed by atoms with Crippen LogP contribution in [0.3, 0.4) is 0 Å². The van der Waals surface area contributed by atoms with Crippen LogP contribution in [-0.4, -0.2) is 18.1 Å². The Balaban J connectivity index is 2.02. The van der Waals surface area contributed by atoms with Gasteiger partial charge in [-0.25, -0.2) is 0 Å². The Labute approximate surface area is 168 Å². The molecule has 2 aromatic rings. The summed E-state index contributed by atoms with van der Waals surface area (Å²) in [5.41, 5.74) is 3.43. The lowest BCUT2D eigenvalue weighted by molar-refractivity contribution is 0.0974. The number of aryl methyl sites for hydroxylation is 2. The van der Waals surface area contributed by atoms with Crippen LogP contribution in [-0.2, 0) is 6.42 Å². The Morgan fingerprint density at radius 2 is 1.92 bits per heavy atom. The largest absolute Gasteiger partial charge is 0.496 e. The molecule has 0 atom stereocenters. The van der Waals surface area contributed by atoms with Gasteiger partial charge in [-0.1, -0.05) is 41.4 Å². The van der Waals surface area contributed by atoms with Crippen molar-refractivity contribution in [1.29, 1.82) is 0 Å². The molecule has 0 aliphatic carbocycles. The fourth-order valence-corrected chi connectivity index (χ4v) is 3.42. The van der Waals surface area contributed by atoms with E-state index in [1.165, 1.54) is 18.4 Å². The van der Waals surface area contributed by atoms with Gasteiger partial charge in [0.25, 0.3) is 5.91 Å². The molecule has 1 amide bonds. The summed E-state index contributed by atoms with van der Waals surface area (Å²) in [4.78, 5) is 12.6. The molecule has 2 N–H and O–H groups in total. The number of nitrogens with one attached hydrogen (secondary N) is 2. The molecule has 4 nitrogen and oxygen atoms in total. The van der Waals surface area contributed by atoms with E-state index in [0.717, 1.165) is 22.1 Å². The van der Waals surface area contributed by atoms with Gasteiger partial charge in [-0.2, -0.15) is 0 Å². The smallest absolute Gasteiger partial charge is 0.261 e. The standard InChI is InChI=1S/C20H23BrN2O2S/c1-4-5-6-14-7-9-16(10-8-14)22-20(26)23-19(24)17-12-15(21)11-13(2)18(17)25-3/h7-12H,4-6H2,1-3H3,(H2,22,23,24,26). The van der Waals surface area contributed by atoms with Crippen LogP contribution < -0.4 is 15.4 Å². The summed E-state index contributed by atoms with van der Waals surface area (Å²) in [5.74, 6) is 0.220. The number of carbonyl (C=O) groups excluding carboxylic acids is 1. The monoisotopic (exact) mass is 434 g/mol. The van der Waals surface area contributed by atoms with Crippen LogP contribution in [0.25, 0.3) is 0 Å². The fourth-order valence-electron chi connectivity index (χ4n) is 2.64. The molecular formula is C20H23BrN2O2S. The highest BCUT2D eigenvalue weighted by atomic mass is 79.9. The van der Waals surface area contributed by atoms with Crippen molar-refractivity contribution in [3.8, 4) is 5.75 Å². The molecule has 0 fully saturated rings. The van der Waals surface area contributed by atoms with Crippen molar-refractivity contribution in [2.45, 2.75) is 33.1 Å². The van der Waals surface area contributed by atoms with E-state index in [2.05, 4.69) is 45.6 Å². The molecule has 2 aromatic carbocycles. The summed E-state index contributed by atoms with van der Waals surface area (Å²) in [6.07, 6.45) is 3.42. The molecule has 0 aliphatic heterocycles. The zero-order valence-electron chi connectivity index (χ0n) is 15.2. The molecular weight excluding hydrogens is 412 g/mol. The van der Waals surface area contributed by atoms with Gasteiger partial charge < -0.3 is 10.1 Å². The average molecular weight is 435 g/mol. The molecule has 0 spiro atoms. The Kier molecular flexibility index (Phi) is 7.60. The van der Waals surface area contributed by atoms with E-state index >= 15 is 0 Å². The summed E-state index contributed by atoms with van der Waals surface area (Å²) >= 11 is 8.67. The van der Waals surface area contributed by atoms with Gasteiger partial charge in [0, 0.05) is 10.2 Å². The number of ether oxygens (including phenoxy) is 1. The minimum absolute atomic E-state index is 0.246. The third kappa shape index (κ3) is 5.54. The number of unbranched alkanes of at least 4 members (excludes halogenated alkanes) is 1. The van der Waals surface area contributed by atoms with Gasteiger partial charge in [0.2, 0.25) is 0 Å². The number of methoxy groups -OCH3 is 1. The van der Waals surface area contributed by atoms with Gasteiger partial charge >= 0.3 is 0 Å². The van der Waals surface area contributed by atoms with E-state index in [4.69, 9.17) is 17.0 Å². The van der Waals surface area contributed by atoms with Gasteiger partial charge in [0.05, 0.1) is 12.7 Å². The highest BCUT2D eigenvalue weighted by molar-refractivity contribution is 9.10. The van der Waals surface area contributed by atoms with Crippen molar-refractivity contribution < 1.29 is 9.53 Å². The van der Waals surface area contributed by atoms with Gasteiger partial charge in [0.1, 0.15) is 5.75 Å². The van der Waals surface area contributed by atoms with Crippen LogP contribution in [0.2, 0.25) is 0 Å². The number of halogens is 1. The number of benzene rings is 2. The molecule has 0 saturated carbocycles. The van der Waals surface area contributed by atoms with Gasteiger partial charge in [-0.15, -0.1) is 0 Å². The number of hydrogen-bond acceptors (Lipinski definition) is 3. The molecule has 0 bridgehead atoms. The zero-order chi connectivity index (χ0) is 19.1. The molecule has 0 saturated heterocycles. The second kappa shape index (κ2) is 9.69. The predicted octanol–water partition coefficient (Wildman–Crippen LogP) is 5.24. The second-order valence-electron chi connectivity index (χ2n) is 6.01. The van der Waals surface area contributed by atoms with Crippen molar-refractivity contribution in [2.75, 3.05) is 12.4 Å². The van der Waals surface area contributed by atoms with E-state index in [9.17, 15) is 4.79 Å². The van der Waals surface area contributed by atoms with E-state index in [1.807, 2.05) is 25.1 Å². The van der Waals surface area contributed by atoms with Crippen molar-refractivity contribution in [2.24, 2.45) is 0 Å². The first kappa shape index (κ1) is 20.4. The lowest BCUT2D eigenvalue weighted by atomic mass is 10.1. The van der Waals surface area contributed by atoms with Crippen molar-refractivity contribution in [3.63, 3.8) is 0 Å². The molecule has 0 radical (unpaired) electrons. The molecule has 0 unspecified atom stereocenters. The maximum Gasteiger partial charge on any atom is 0.261 e. The van der Waals surface area contributed by atoms with Gasteiger partial charge in [-0.05, 0) is 67.4 Å². The fraction of sp³-hybridized carbons (Fsp3) is 0.300. The van der Waals surface area contributed by atoms with Crippen LogP contribution in [0.1, 0.15) is 41.3 Å². The Bertz CT molecular complexity index is 791. The Morgan fingerprint density at radius 1 is 1.23 bits per heavy atom. The van der Waals surface area contributed by atoms with Crippen LogP contribution in [0.4, 0.5) is 5.69 Å². The maximum atomic E-state index is 12.6. The molecule has 6 heteroatoms. The lowest BCUT2D eigenvalue weighted by Crippen LogP contribution is -2.34. The van der Waals surface area contributed by atoms with Crippen LogP contribution in [0.15, 0.2) is 40.9 Å². The quantitative estimate of drug-likeness (QED) is 0.610. The molecule has 2 rings (SSSR count). The normalized spacial score (nSPS) is 10.3. The van der Waals surface area contributed by atoms with Crippen molar-refractivity contribution >= 4 is 44.9 Å². The van der Waals surface area contributed by atoms with E-state index < -0.39 is 0 Å². The average Bonchev–Trinajstić information content (AvgIpc) is 2.60. The first-order valence-corrected chi connectivity index (χ1v) is 9.70. The van der Waals surface area contributed by atoms with Crippen LogP contribution in [0, 0.1) is 6.92 Å². The molecule has 26 heavy (non-hydrogen) atoms. The Morgan fingerprint density at radius 3 is 2.54 bits per heavy atom. The number of amides is 1. The van der Waals surface area contributed by atoms with E-state index in [0.29, 0.717) is 11.3 Å². The SMILES string of the molecule is CCCCc1ccc(NC(=S)NC(=O)c2cc(Br)cc(C)c2OC)cc1. The van der Waals surface area contributed by atoms with Crippen molar-refractivity contribution in [3.05, 3.63) is 57.6 Å². The number of anilines is 1. The molecule has 0 aromatic heterocycles. The van der Waals surface area contributed by atoms with E-state index in [1.54, 1.807) is 13.2 Å². The topological polar surface area (TPSA) is 50.4 Å². The molecule has 0 aliphatic rings. The first-order valence-electron chi connectivity index (χ1n) is 8.50. The summed E-state index contributed by atoms with van der Waals surface area (Å²) in [5, 5.41) is 5.99. The Hall–Kier alpha value is -1.92. The summed E-state index contributed by atoms with van der Waals surface area (Å²) in [6, 6.07) is 11.7. The maximum absolute atomic E-state index is 12.6. The van der Waals surface area contributed by atoms with Gasteiger partial charge in [-0.3, -0.25) is 10.1 Å². The third-order valence-corrected chi connectivity index (χ3v) is 4.61.